The van der Waals surface area contributed by atoms with Crippen molar-refractivity contribution in [3.05, 3.63) is 12.2 Å². The van der Waals surface area contributed by atoms with Gasteiger partial charge in [-0.05, 0) is 31.6 Å². The molecule has 0 unspecified atom stereocenters. The fraction of sp³-hybridized carbons (Fsp3) is 0.875. The highest BCUT2D eigenvalue weighted by atomic mass is 14.3. The van der Waals surface area contributed by atoms with E-state index in [2.05, 4.69) is 27.7 Å². The van der Waals surface area contributed by atoms with Crippen LogP contribution in [0.3, 0.4) is 0 Å². The summed E-state index contributed by atoms with van der Waals surface area (Å²) >= 11 is 0. The number of rotatable bonds is 10. The number of unbranched alkanes of at least 4 members (excludes halogenated alkanes) is 3. The van der Waals surface area contributed by atoms with Gasteiger partial charge in [0.2, 0.25) is 0 Å². The third kappa shape index (κ3) is 5.18. The van der Waals surface area contributed by atoms with Gasteiger partial charge < -0.3 is 0 Å². The maximum atomic E-state index is 6.21. The van der Waals surface area contributed by atoms with Gasteiger partial charge in [-0.25, -0.2) is 0 Å². The Morgan fingerprint density at radius 2 is 1.12 bits per heavy atom. The standard InChI is InChI=1S/C16H31/c1-6-9-12-16(15(4)5,13-10-7-2)14-11-8-3/h4H,6-14H2,1-3,5H3. The van der Waals surface area contributed by atoms with Crippen LogP contribution in [0.1, 0.15) is 85.5 Å². The molecule has 0 heterocycles. The van der Waals surface area contributed by atoms with Crippen LogP contribution in [0, 0.1) is 12.0 Å². The van der Waals surface area contributed by atoms with Crippen molar-refractivity contribution in [2.75, 3.05) is 0 Å². The number of hydrogen-bond donors (Lipinski definition) is 0. The zero-order valence-corrected chi connectivity index (χ0v) is 11.9. The SMILES string of the molecule is [CH]=C(C)C(CCCC)(CCCC)CCCC. The molecule has 0 saturated heterocycles. The van der Waals surface area contributed by atoms with Crippen molar-refractivity contribution in [2.24, 2.45) is 5.41 Å². The molecule has 0 aliphatic rings. The second kappa shape index (κ2) is 8.84. The average molecular weight is 223 g/mol. The zero-order valence-electron chi connectivity index (χ0n) is 11.9. The average Bonchev–Trinajstić information content (AvgIpc) is 2.28. The molecule has 0 aromatic carbocycles. The molecule has 0 fully saturated rings. The minimum Gasteiger partial charge on any atom is -0.0671 e. The van der Waals surface area contributed by atoms with Crippen molar-refractivity contribution in [1.82, 2.24) is 0 Å². The van der Waals surface area contributed by atoms with E-state index in [-0.39, 0.29) is 0 Å². The summed E-state index contributed by atoms with van der Waals surface area (Å²) in [7, 11) is 0. The topological polar surface area (TPSA) is 0 Å². The largest absolute Gasteiger partial charge is 0.0671 e. The lowest BCUT2D eigenvalue weighted by atomic mass is 9.70. The molecular formula is C16H31. The van der Waals surface area contributed by atoms with Crippen molar-refractivity contribution in [2.45, 2.75) is 85.5 Å². The summed E-state index contributed by atoms with van der Waals surface area (Å²) in [5, 5.41) is 0. The van der Waals surface area contributed by atoms with Crippen LogP contribution >= 0.6 is 0 Å². The Balaban J connectivity index is 4.52. The molecule has 0 bridgehead atoms. The Morgan fingerprint density at radius 1 is 0.812 bits per heavy atom. The molecule has 0 heteroatoms. The molecule has 0 aliphatic heterocycles. The summed E-state index contributed by atoms with van der Waals surface area (Å²) in [4.78, 5) is 0. The van der Waals surface area contributed by atoms with E-state index >= 15 is 0 Å². The first-order valence-electron chi connectivity index (χ1n) is 7.22. The Morgan fingerprint density at radius 3 is 1.31 bits per heavy atom. The van der Waals surface area contributed by atoms with Crippen molar-refractivity contribution < 1.29 is 0 Å². The summed E-state index contributed by atoms with van der Waals surface area (Å²) in [5.74, 6) is 0. The van der Waals surface area contributed by atoms with E-state index in [1.54, 1.807) is 0 Å². The Bertz CT molecular complexity index is 157. The lowest BCUT2D eigenvalue weighted by molar-refractivity contribution is 0.253. The summed E-state index contributed by atoms with van der Waals surface area (Å²) in [6.45, 7) is 15.2. The molecule has 0 N–H and O–H groups in total. The van der Waals surface area contributed by atoms with E-state index < -0.39 is 0 Å². The van der Waals surface area contributed by atoms with E-state index in [1.165, 1.54) is 63.4 Å². The highest BCUT2D eigenvalue weighted by Gasteiger charge is 2.28. The fourth-order valence-electron chi connectivity index (χ4n) is 2.51. The van der Waals surface area contributed by atoms with Crippen LogP contribution in [0.2, 0.25) is 0 Å². The number of hydrogen-bond acceptors (Lipinski definition) is 0. The van der Waals surface area contributed by atoms with Crippen molar-refractivity contribution in [3.63, 3.8) is 0 Å². The van der Waals surface area contributed by atoms with Gasteiger partial charge in [0.15, 0.2) is 0 Å². The van der Waals surface area contributed by atoms with E-state index in [4.69, 9.17) is 6.58 Å². The van der Waals surface area contributed by atoms with Gasteiger partial charge in [-0.2, -0.15) is 0 Å². The summed E-state index contributed by atoms with van der Waals surface area (Å²) in [6, 6.07) is 0. The van der Waals surface area contributed by atoms with E-state index in [1.807, 2.05) is 0 Å². The fourth-order valence-corrected chi connectivity index (χ4v) is 2.51. The molecule has 0 aromatic heterocycles. The Labute approximate surface area is 104 Å². The molecular weight excluding hydrogens is 192 g/mol. The van der Waals surface area contributed by atoms with Crippen molar-refractivity contribution in [3.8, 4) is 0 Å². The van der Waals surface area contributed by atoms with E-state index in [9.17, 15) is 0 Å². The molecule has 1 radical (unpaired) electrons. The van der Waals surface area contributed by atoms with Crippen LogP contribution in [0.25, 0.3) is 0 Å². The van der Waals surface area contributed by atoms with Gasteiger partial charge in [0.1, 0.15) is 0 Å². The molecule has 0 aromatic rings. The van der Waals surface area contributed by atoms with Gasteiger partial charge in [0.05, 0.1) is 0 Å². The van der Waals surface area contributed by atoms with Gasteiger partial charge >= 0.3 is 0 Å². The molecule has 95 valence electrons. The third-order valence-corrected chi connectivity index (χ3v) is 3.86. The zero-order chi connectivity index (χ0) is 12.4. The first-order valence-corrected chi connectivity index (χ1v) is 7.22. The maximum Gasteiger partial charge on any atom is -0.00877 e. The van der Waals surface area contributed by atoms with E-state index in [0.29, 0.717) is 5.41 Å². The molecule has 16 heavy (non-hydrogen) atoms. The summed E-state index contributed by atoms with van der Waals surface area (Å²) in [6.07, 6.45) is 11.7. The minimum atomic E-state index is 0.349. The Hall–Kier alpha value is -0.260. The predicted octanol–water partition coefficient (Wildman–Crippen LogP) is 5.92. The molecule has 0 aliphatic carbocycles. The van der Waals surface area contributed by atoms with Crippen molar-refractivity contribution in [1.29, 1.82) is 0 Å². The van der Waals surface area contributed by atoms with Crippen molar-refractivity contribution >= 4 is 0 Å². The first kappa shape index (κ1) is 15.7. The lowest BCUT2D eigenvalue weighted by Crippen LogP contribution is -2.22. The van der Waals surface area contributed by atoms with Crippen LogP contribution in [0.15, 0.2) is 5.57 Å². The third-order valence-electron chi connectivity index (χ3n) is 3.86. The summed E-state index contributed by atoms with van der Waals surface area (Å²) < 4.78 is 0. The van der Waals surface area contributed by atoms with Gasteiger partial charge in [-0.3, -0.25) is 0 Å². The van der Waals surface area contributed by atoms with Crippen LogP contribution in [-0.2, 0) is 0 Å². The van der Waals surface area contributed by atoms with Gasteiger partial charge in [-0.1, -0.05) is 71.4 Å². The van der Waals surface area contributed by atoms with Crippen LogP contribution < -0.4 is 0 Å². The smallest absolute Gasteiger partial charge is 0.00877 e. The van der Waals surface area contributed by atoms with Gasteiger partial charge in [-0.15, -0.1) is 0 Å². The minimum absolute atomic E-state index is 0.349. The maximum absolute atomic E-state index is 6.21. The van der Waals surface area contributed by atoms with E-state index in [0.717, 1.165) is 0 Å². The molecule has 0 nitrogen and oxygen atoms in total. The first-order chi connectivity index (χ1) is 7.63. The second-order valence-electron chi connectivity index (χ2n) is 5.27. The number of allylic oxidation sites excluding steroid dienone is 1. The molecule has 0 spiro atoms. The summed E-state index contributed by atoms with van der Waals surface area (Å²) in [5.41, 5.74) is 1.53. The van der Waals surface area contributed by atoms with Gasteiger partial charge in [0, 0.05) is 0 Å². The van der Waals surface area contributed by atoms with Gasteiger partial charge in [0.25, 0.3) is 0 Å². The van der Waals surface area contributed by atoms with Crippen LogP contribution in [0.5, 0.6) is 0 Å². The highest BCUT2D eigenvalue weighted by Crippen LogP contribution is 2.42. The Kier molecular flexibility index (Phi) is 8.70. The normalized spacial score (nSPS) is 11.8. The second-order valence-corrected chi connectivity index (χ2v) is 5.27. The molecule has 0 saturated carbocycles. The monoisotopic (exact) mass is 223 g/mol. The highest BCUT2D eigenvalue weighted by molar-refractivity contribution is 5.05. The van der Waals surface area contributed by atoms with Crippen LogP contribution in [0.4, 0.5) is 0 Å². The quantitative estimate of drug-likeness (QED) is 0.431. The lowest BCUT2D eigenvalue weighted by Gasteiger charge is -2.35. The van der Waals surface area contributed by atoms with Crippen LogP contribution in [-0.4, -0.2) is 0 Å². The predicted molar refractivity (Wildman–Crippen MR) is 74.5 cm³/mol. The molecule has 0 atom stereocenters. The molecule has 0 rings (SSSR count). The molecule has 0 amide bonds.